The first-order valence-electron chi connectivity index (χ1n) is 4.14. The molecule has 0 spiro atoms. The van der Waals surface area contributed by atoms with Crippen LogP contribution in [-0.2, 0) is 20.1 Å². The van der Waals surface area contributed by atoms with Crippen LogP contribution in [0, 0.1) is 0 Å². The number of halogens is 1. The van der Waals surface area contributed by atoms with E-state index in [9.17, 15) is 13.2 Å². The molecule has 82 valence electrons. The summed E-state index contributed by atoms with van der Waals surface area (Å²) in [5.74, 6) is -0.598. The van der Waals surface area contributed by atoms with Crippen LogP contribution in [0.2, 0.25) is 0 Å². The quantitative estimate of drug-likeness (QED) is 0.857. The van der Waals surface area contributed by atoms with Crippen LogP contribution in [0.4, 0.5) is 0 Å². The molecule has 0 saturated heterocycles. The Morgan fingerprint density at radius 3 is 2.27 bits per heavy atom. The van der Waals surface area contributed by atoms with Crippen LogP contribution in [-0.4, -0.2) is 14.3 Å². The van der Waals surface area contributed by atoms with Crippen molar-refractivity contribution in [3.05, 3.63) is 29.8 Å². The lowest BCUT2D eigenvalue weighted by atomic mass is 10.2. The van der Waals surface area contributed by atoms with E-state index in [0.717, 1.165) is 12.5 Å². The van der Waals surface area contributed by atoms with E-state index in [1.165, 1.54) is 12.1 Å². The predicted molar refractivity (Wildman–Crippen MR) is 60.1 cm³/mol. The van der Waals surface area contributed by atoms with Gasteiger partial charge in [0.2, 0.25) is 5.91 Å². The summed E-state index contributed by atoms with van der Waals surface area (Å²) in [6.07, 6.45) is 0. The van der Waals surface area contributed by atoms with E-state index in [0.29, 0.717) is 5.33 Å². The number of carbonyl (C=O) groups is 1. The van der Waals surface area contributed by atoms with Gasteiger partial charge in [-0.05, 0) is 17.7 Å². The number of benzene rings is 1. The molecule has 0 aliphatic carbocycles. The smallest absolute Gasteiger partial charge is 0.264 e. The Balaban J connectivity index is 3.01. The van der Waals surface area contributed by atoms with Gasteiger partial charge in [0.15, 0.2) is 0 Å². The fraction of sp³-hybridized carbons (Fsp3) is 0.222. The molecule has 0 atom stereocenters. The molecule has 0 radical (unpaired) electrons. The molecule has 6 heteroatoms. The largest absolute Gasteiger partial charge is 0.274 e. The van der Waals surface area contributed by atoms with Crippen molar-refractivity contribution in [2.75, 3.05) is 0 Å². The molecular formula is C9H10BrNO3S. The Bertz CT molecular complexity index is 453. The maximum Gasteiger partial charge on any atom is 0.264 e. The zero-order valence-electron chi connectivity index (χ0n) is 8.03. The van der Waals surface area contributed by atoms with Gasteiger partial charge in [-0.15, -0.1) is 0 Å². The summed E-state index contributed by atoms with van der Waals surface area (Å²) >= 11 is 3.25. The van der Waals surface area contributed by atoms with Gasteiger partial charge in [-0.2, -0.15) is 0 Å². The molecule has 0 aromatic heterocycles. The molecular weight excluding hydrogens is 282 g/mol. The Morgan fingerprint density at radius 1 is 1.33 bits per heavy atom. The van der Waals surface area contributed by atoms with Crippen molar-refractivity contribution in [2.45, 2.75) is 17.1 Å². The second-order valence-electron chi connectivity index (χ2n) is 2.94. The molecule has 0 heterocycles. The summed E-state index contributed by atoms with van der Waals surface area (Å²) in [6, 6.07) is 6.29. The summed E-state index contributed by atoms with van der Waals surface area (Å²) in [4.78, 5) is 10.7. The van der Waals surface area contributed by atoms with Gasteiger partial charge < -0.3 is 0 Å². The fourth-order valence-electron chi connectivity index (χ4n) is 1.01. The van der Waals surface area contributed by atoms with Crippen molar-refractivity contribution in [3.8, 4) is 0 Å². The van der Waals surface area contributed by atoms with E-state index >= 15 is 0 Å². The van der Waals surface area contributed by atoms with E-state index in [1.807, 2.05) is 4.72 Å². The van der Waals surface area contributed by atoms with Crippen molar-refractivity contribution in [3.63, 3.8) is 0 Å². The van der Waals surface area contributed by atoms with Crippen LogP contribution < -0.4 is 4.72 Å². The number of alkyl halides is 1. The molecule has 0 aliphatic heterocycles. The van der Waals surface area contributed by atoms with E-state index in [4.69, 9.17) is 0 Å². The molecule has 1 aromatic carbocycles. The average molecular weight is 292 g/mol. The lowest BCUT2D eigenvalue weighted by molar-refractivity contribution is -0.117. The number of nitrogens with one attached hydrogen (secondary N) is 1. The third-order valence-corrected chi connectivity index (χ3v) is 3.76. The molecule has 0 saturated carbocycles. The van der Waals surface area contributed by atoms with Gasteiger partial charge in [-0.1, -0.05) is 28.1 Å². The Hall–Kier alpha value is -0.880. The van der Waals surface area contributed by atoms with Gasteiger partial charge in [0, 0.05) is 12.3 Å². The predicted octanol–water partition coefficient (Wildman–Crippen LogP) is 1.41. The molecule has 1 amide bonds. The number of hydrogen-bond donors (Lipinski definition) is 1. The number of rotatable bonds is 3. The van der Waals surface area contributed by atoms with Gasteiger partial charge in [0.25, 0.3) is 10.0 Å². The number of carbonyl (C=O) groups excluding carboxylic acids is 1. The molecule has 0 aliphatic rings. The lowest BCUT2D eigenvalue weighted by Crippen LogP contribution is -2.28. The van der Waals surface area contributed by atoms with Gasteiger partial charge in [0.1, 0.15) is 0 Å². The maximum atomic E-state index is 11.5. The summed E-state index contributed by atoms with van der Waals surface area (Å²) < 4.78 is 24.9. The van der Waals surface area contributed by atoms with Gasteiger partial charge in [0.05, 0.1) is 4.90 Å². The SMILES string of the molecule is CC(=O)NS(=O)(=O)c1ccc(CBr)cc1. The minimum absolute atomic E-state index is 0.0856. The molecule has 1 N–H and O–H groups in total. The second-order valence-corrected chi connectivity index (χ2v) is 5.18. The first-order chi connectivity index (χ1) is 6.95. The van der Waals surface area contributed by atoms with Crippen molar-refractivity contribution in [1.29, 1.82) is 0 Å². The van der Waals surface area contributed by atoms with E-state index in [1.54, 1.807) is 12.1 Å². The number of sulfonamides is 1. The van der Waals surface area contributed by atoms with Crippen molar-refractivity contribution in [1.82, 2.24) is 4.72 Å². The van der Waals surface area contributed by atoms with Crippen LogP contribution in [0.5, 0.6) is 0 Å². The lowest BCUT2D eigenvalue weighted by Gasteiger charge is -2.04. The van der Waals surface area contributed by atoms with Crippen LogP contribution in [0.1, 0.15) is 12.5 Å². The molecule has 0 fully saturated rings. The van der Waals surface area contributed by atoms with Gasteiger partial charge in [-0.25, -0.2) is 13.1 Å². The fourth-order valence-corrected chi connectivity index (χ4v) is 2.37. The highest BCUT2D eigenvalue weighted by Gasteiger charge is 2.14. The molecule has 0 bridgehead atoms. The number of amides is 1. The van der Waals surface area contributed by atoms with Gasteiger partial charge >= 0.3 is 0 Å². The maximum absolute atomic E-state index is 11.5. The first-order valence-corrected chi connectivity index (χ1v) is 6.74. The highest BCUT2D eigenvalue weighted by molar-refractivity contribution is 9.08. The van der Waals surface area contributed by atoms with Crippen LogP contribution in [0.15, 0.2) is 29.2 Å². The Kier molecular flexibility index (Phi) is 3.87. The number of hydrogen-bond acceptors (Lipinski definition) is 3. The third kappa shape index (κ3) is 3.32. The first kappa shape index (κ1) is 12.2. The highest BCUT2D eigenvalue weighted by atomic mass is 79.9. The zero-order valence-corrected chi connectivity index (χ0v) is 10.4. The molecule has 15 heavy (non-hydrogen) atoms. The van der Waals surface area contributed by atoms with E-state index < -0.39 is 15.9 Å². The third-order valence-electron chi connectivity index (χ3n) is 1.67. The highest BCUT2D eigenvalue weighted by Crippen LogP contribution is 2.12. The minimum Gasteiger partial charge on any atom is -0.274 e. The van der Waals surface area contributed by atoms with Crippen LogP contribution in [0.3, 0.4) is 0 Å². The summed E-state index contributed by atoms with van der Waals surface area (Å²) in [6.45, 7) is 1.16. The normalized spacial score (nSPS) is 11.1. The summed E-state index contributed by atoms with van der Waals surface area (Å²) in [5, 5.41) is 0.660. The van der Waals surface area contributed by atoms with Crippen molar-refractivity contribution in [2.24, 2.45) is 0 Å². The Labute approximate surface area is 96.9 Å². The minimum atomic E-state index is -3.70. The molecule has 4 nitrogen and oxygen atoms in total. The molecule has 1 rings (SSSR count). The second kappa shape index (κ2) is 4.76. The van der Waals surface area contributed by atoms with Gasteiger partial charge in [-0.3, -0.25) is 4.79 Å². The summed E-state index contributed by atoms with van der Waals surface area (Å²) in [7, 11) is -3.70. The average Bonchev–Trinajstić information content (AvgIpc) is 2.16. The molecule has 1 aromatic rings. The molecule has 0 unspecified atom stereocenters. The monoisotopic (exact) mass is 291 g/mol. The van der Waals surface area contributed by atoms with Crippen LogP contribution >= 0.6 is 15.9 Å². The standard InChI is InChI=1S/C9H10BrNO3S/c1-7(12)11-15(13,14)9-4-2-8(6-10)3-5-9/h2-5H,6H2,1H3,(H,11,12). The van der Waals surface area contributed by atoms with Crippen molar-refractivity contribution >= 4 is 31.9 Å². The van der Waals surface area contributed by atoms with Crippen LogP contribution in [0.25, 0.3) is 0 Å². The summed E-state index contributed by atoms with van der Waals surface area (Å²) in [5.41, 5.74) is 0.969. The van der Waals surface area contributed by atoms with Crippen molar-refractivity contribution < 1.29 is 13.2 Å². The Morgan fingerprint density at radius 2 is 1.87 bits per heavy atom. The topological polar surface area (TPSA) is 63.2 Å². The van der Waals surface area contributed by atoms with E-state index in [-0.39, 0.29) is 4.90 Å². The zero-order chi connectivity index (χ0) is 11.5. The van der Waals surface area contributed by atoms with E-state index in [2.05, 4.69) is 15.9 Å².